The average molecular weight is 370 g/mol. The van der Waals surface area contributed by atoms with Crippen LogP contribution in [0.4, 0.5) is 11.4 Å². The molecule has 0 amide bonds. The highest BCUT2D eigenvalue weighted by molar-refractivity contribution is 6.43. The van der Waals surface area contributed by atoms with Gasteiger partial charge in [0.1, 0.15) is 32.9 Å². The van der Waals surface area contributed by atoms with Gasteiger partial charge in [-0.05, 0) is 46.3 Å². The molecule has 0 atom stereocenters. The van der Waals surface area contributed by atoms with Crippen LogP contribution < -0.4 is 21.6 Å². The maximum Gasteiger partial charge on any atom is 0.124 e. The minimum absolute atomic E-state index is 0.141. The summed E-state index contributed by atoms with van der Waals surface area (Å²) in [6.45, 7) is 0. The van der Waals surface area contributed by atoms with Crippen LogP contribution in [0.3, 0.4) is 0 Å². The van der Waals surface area contributed by atoms with Crippen molar-refractivity contribution in [2.75, 3.05) is 24.7 Å². The number of aromatic hydroxyl groups is 3. The third kappa shape index (κ3) is 3.36. The van der Waals surface area contributed by atoms with E-state index in [1.165, 1.54) is 0 Å². The number of hydrogen-bond donors (Lipinski definition) is 5. The number of phenols is 3. The smallest absolute Gasteiger partial charge is 0.124 e. The predicted octanol–water partition coefficient (Wildman–Crippen LogP) is 1.65. The van der Waals surface area contributed by atoms with Crippen LogP contribution >= 0.6 is 0 Å². The first kappa shape index (κ1) is 19.5. The van der Waals surface area contributed by atoms with E-state index in [-0.39, 0.29) is 16.5 Å². The predicted molar refractivity (Wildman–Crippen MR) is 115 cm³/mol. The van der Waals surface area contributed by atoms with Gasteiger partial charge in [-0.2, -0.15) is 0 Å². The minimum Gasteiger partial charge on any atom is -0.509 e. The van der Waals surface area contributed by atoms with Crippen molar-refractivity contribution in [2.45, 2.75) is 5.92 Å². The molecule has 0 saturated heterocycles. The summed E-state index contributed by atoms with van der Waals surface area (Å²) >= 11 is 0. The Balaban J connectivity index is 2.27. The molecule has 138 valence electrons. The lowest BCUT2D eigenvalue weighted by Gasteiger charge is -2.24. The zero-order valence-electron chi connectivity index (χ0n) is 15.7. The van der Waals surface area contributed by atoms with Gasteiger partial charge in [-0.1, -0.05) is 24.3 Å². The first-order valence-electron chi connectivity index (χ1n) is 8.76. The molecule has 0 bridgehead atoms. The van der Waals surface area contributed by atoms with Crippen LogP contribution in [0.5, 0.6) is 17.2 Å². The SMILES string of the molecule is [B]c1c(O)c([B])c(O)c(C(c2ccc(NC)cc2)c2ccc(NC)cc2)c1O. The van der Waals surface area contributed by atoms with Crippen LogP contribution in [0.2, 0.25) is 0 Å². The summed E-state index contributed by atoms with van der Waals surface area (Å²) in [6, 6.07) is 15.1. The molecule has 4 radical (unpaired) electrons. The van der Waals surface area contributed by atoms with Gasteiger partial charge in [0.15, 0.2) is 0 Å². The van der Waals surface area contributed by atoms with Gasteiger partial charge in [0, 0.05) is 37.0 Å². The largest absolute Gasteiger partial charge is 0.509 e. The molecule has 28 heavy (non-hydrogen) atoms. The zero-order chi connectivity index (χ0) is 20.4. The fraction of sp³-hybridized carbons (Fsp3) is 0.143. The van der Waals surface area contributed by atoms with Crippen LogP contribution in [0.25, 0.3) is 0 Å². The van der Waals surface area contributed by atoms with Gasteiger partial charge in [-0.25, -0.2) is 0 Å². The first-order valence-corrected chi connectivity index (χ1v) is 8.76. The molecule has 0 aliphatic rings. The highest BCUT2D eigenvalue weighted by atomic mass is 16.3. The number of nitrogens with one attached hydrogen (secondary N) is 2. The summed E-state index contributed by atoms with van der Waals surface area (Å²) in [6.07, 6.45) is 0. The molecule has 3 rings (SSSR count). The normalized spacial score (nSPS) is 10.8. The van der Waals surface area contributed by atoms with Crippen molar-refractivity contribution in [3.63, 3.8) is 0 Å². The molecular formula is C21H20B2N2O3. The first-order chi connectivity index (χ1) is 13.4. The molecule has 7 heteroatoms. The van der Waals surface area contributed by atoms with Crippen molar-refractivity contribution in [1.82, 2.24) is 0 Å². The Morgan fingerprint density at radius 1 is 0.643 bits per heavy atom. The molecule has 0 spiro atoms. The number of hydrogen-bond acceptors (Lipinski definition) is 5. The summed E-state index contributed by atoms with van der Waals surface area (Å²) in [5, 5.41) is 37.4. The van der Waals surface area contributed by atoms with E-state index in [9.17, 15) is 15.3 Å². The maximum absolute atomic E-state index is 10.7. The van der Waals surface area contributed by atoms with Crippen molar-refractivity contribution in [1.29, 1.82) is 0 Å². The zero-order valence-corrected chi connectivity index (χ0v) is 15.7. The molecule has 5 N–H and O–H groups in total. The van der Waals surface area contributed by atoms with Gasteiger partial charge in [-0.3, -0.25) is 0 Å². The van der Waals surface area contributed by atoms with Gasteiger partial charge in [-0.15, -0.1) is 0 Å². The van der Waals surface area contributed by atoms with Crippen molar-refractivity contribution < 1.29 is 15.3 Å². The van der Waals surface area contributed by atoms with Crippen LogP contribution in [-0.2, 0) is 0 Å². The quantitative estimate of drug-likeness (QED) is 0.349. The van der Waals surface area contributed by atoms with Gasteiger partial charge in [0.05, 0.1) is 0 Å². The van der Waals surface area contributed by atoms with Crippen LogP contribution in [0, 0.1) is 0 Å². The second kappa shape index (κ2) is 7.80. The molecule has 0 aliphatic carbocycles. The summed E-state index contributed by atoms with van der Waals surface area (Å²) in [4.78, 5) is 0. The Kier molecular flexibility index (Phi) is 5.45. The summed E-state index contributed by atoms with van der Waals surface area (Å²) < 4.78 is 0. The van der Waals surface area contributed by atoms with Gasteiger partial charge < -0.3 is 26.0 Å². The third-order valence-corrected chi connectivity index (χ3v) is 4.88. The van der Waals surface area contributed by atoms with Gasteiger partial charge in [0.2, 0.25) is 0 Å². The number of anilines is 2. The van der Waals surface area contributed by atoms with E-state index in [2.05, 4.69) is 10.6 Å². The molecule has 0 unspecified atom stereocenters. The van der Waals surface area contributed by atoms with E-state index in [0.717, 1.165) is 22.5 Å². The molecule has 5 nitrogen and oxygen atoms in total. The van der Waals surface area contributed by atoms with E-state index in [0.29, 0.717) is 0 Å². The van der Waals surface area contributed by atoms with Crippen molar-refractivity contribution >= 4 is 38.0 Å². The van der Waals surface area contributed by atoms with Crippen LogP contribution in [0.15, 0.2) is 48.5 Å². The molecular weight excluding hydrogens is 350 g/mol. The summed E-state index contributed by atoms with van der Waals surface area (Å²) in [5.41, 5.74) is 3.07. The van der Waals surface area contributed by atoms with Crippen LogP contribution in [0.1, 0.15) is 22.6 Å². The number of rotatable bonds is 5. The summed E-state index contributed by atoms with van der Waals surface area (Å²) in [5.74, 6) is -1.88. The molecule has 0 heterocycles. The van der Waals surface area contributed by atoms with Gasteiger partial charge in [0.25, 0.3) is 0 Å². The van der Waals surface area contributed by atoms with Crippen LogP contribution in [-0.4, -0.2) is 45.1 Å². The fourth-order valence-electron chi connectivity index (χ4n) is 3.26. The lowest BCUT2D eigenvalue weighted by Crippen LogP contribution is -2.20. The van der Waals surface area contributed by atoms with Gasteiger partial charge >= 0.3 is 0 Å². The van der Waals surface area contributed by atoms with E-state index in [4.69, 9.17) is 15.7 Å². The highest BCUT2D eigenvalue weighted by Crippen LogP contribution is 2.42. The maximum atomic E-state index is 10.7. The van der Waals surface area contributed by atoms with E-state index >= 15 is 0 Å². The standard InChI is InChI=1S/C21H20B2N2O3/c1-24-13-7-3-11(4-8-13)15(12-5-9-14(25-2)10-6-12)16-19(26)17(22)21(28)18(23)20(16)27/h3-10,15,24-28H,1-2H3. The Morgan fingerprint density at radius 2 is 1.00 bits per heavy atom. The molecule has 0 aromatic heterocycles. The molecule has 3 aromatic carbocycles. The van der Waals surface area contributed by atoms with E-state index < -0.39 is 23.2 Å². The third-order valence-electron chi connectivity index (χ3n) is 4.88. The lowest BCUT2D eigenvalue weighted by atomic mass is 9.76. The molecule has 0 fully saturated rings. The highest BCUT2D eigenvalue weighted by Gasteiger charge is 2.27. The monoisotopic (exact) mass is 370 g/mol. The fourth-order valence-corrected chi connectivity index (χ4v) is 3.26. The van der Waals surface area contributed by atoms with E-state index in [1.807, 2.05) is 62.6 Å². The van der Waals surface area contributed by atoms with Crippen molar-refractivity contribution in [2.24, 2.45) is 0 Å². The molecule has 0 saturated carbocycles. The topological polar surface area (TPSA) is 84.8 Å². The number of phenolic OH excluding ortho intramolecular Hbond substituents is 3. The Bertz CT molecular complexity index is 914. The number of benzene rings is 3. The Morgan fingerprint density at radius 3 is 1.32 bits per heavy atom. The average Bonchev–Trinajstić information content (AvgIpc) is 2.74. The van der Waals surface area contributed by atoms with Crippen molar-refractivity contribution in [3.05, 3.63) is 65.2 Å². The van der Waals surface area contributed by atoms with E-state index in [1.54, 1.807) is 0 Å². The molecule has 0 aliphatic heterocycles. The summed E-state index contributed by atoms with van der Waals surface area (Å²) in [7, 11) is 15.3. The minimum atomic E-state index is -0.554. The second-order valence-electron chi connectivity index (χ2n) is 6.46. The Hall–Kier alpha value is -3.21. The van der Waals surface area contributed by atoms with Crippen molar-refractivity contribution in [3.8, 4) is 17.2 Å². The lowest BCUT2D eigenvalue weighted by molar-refractivity contribution is 0.428. The Labute approximate surface area is 166 Å². The molecule has 3 aromatic rings. The second-order valence-corrected chi connectivity index (χ2v) is 6.46.